The fourth-order valence-corrected chi connectivity index (χ4v) is 7.65. The molecule has 0 fully saturated rings. The van der Waals surface area contributed by atoms with Crippen LogP contribution in [0.3, 0.4) is 0 Å². The highest BCUT2D eigenvalue weighted by molar-refractivity contribution is 6.11. The Morgan fingerprint density at radius 1 is 0.426 bits per heavy atom. The van der Waals surface area contributed by atoms with E-state index in [1.807, 2.05) is 0 Å². The van der Waals surface area contributed by atoms with Crippen molar-refractivity contribution < 1.29 is 0 Å². The second-order valence-corrected chi connectivity index (χ2v) is 13.0. The molecule has 2 nitrogen and oxygen atoms in total. The van der Waals surface area contributed by atoms with Crippen LogP contribution in [0.15, 0.2) is 170 Å². The van der Waals surface area contributed by atoms with E-state index in [0.29, 0.717) is 0 Å². The van der Waals surface area contributed by atoms with E-state index in [1.165, 1.54) is 60.9 Å². The van der Waals surface area contributed by atoms with Gasteiger partial charge in [0.1, 0.15) is 0 Å². The summed E-state index contributed by atoms with van der Waals surface area (Å²) in [7, 11) is 0. The van der Waals surface area contributed by atoms with Crippen molar-refractivity contribution in [1.82, 2.24) is 4.57 Å². The van der Waals surface area contributed by atoms with Gasteiger partial charge in [-0.05, 0) is 106 Å². The Hall–Kier alpha value is -5.86. The van der Waals surface area contributed by atoms with Crippen molar-refractivity contribution in [2.75, 3.05) is 4.90 Å². The minimum atomic E-state index is -0.106. The van der Waals surface area contributed by atoms with Gasteiger partial charge in [-0.3, -0.25) is 0 Å². The molecule has 0 amide bonds. The summed E-state index contributed by atoms with van der Waals surface area (Å²) in [5, 5.41) is 2.58. The molecule has 0 aliphatic heterocycles. The molecular weight excluding hydrogens is 569 g/mol. The van der Waals surface area contributed by atoms with Gasteiger partial charge < -0.3 is 9.47 Å². The minimum absolute atomic E-state index is 0.106. The highest BCUT2D eigenvalue weighted by atomic mass is 15.1. The molecule has 0 atom stereocenters. The van der Waals surface area contributed by atoms with E-state index >= 15 is 0 Å². The third-order valence-corrected chi connectivity index (χ3v) is 9.97. The van der Waals surface area contributed by atoms with Gasteiger partial charge in [0.15, 0.2) is 0 Å². The molecule has 2 heteroatoms. The maximum absolute atomic E-state index is 2.45. The maximum Gasteiger partial charge on any atom is 0.0544 e. The molecule has 1 aliphatic rings. The number of nitrogens with zero attached hydrogens (tertiary/aromatic N) is 2. The van der Waals surface area contributed by atoms with E-state index < -0.39 is 0 Å². The van der Waals surface area contributed by atoms with Crippen molar-refractivity contribution in [3.8, 4) is 27.9 Å². The van der Waals surface area contributed by atoms with Crippen molar-refractivity contribution in [2.24, 2.45) is 0 Å². The Bertz CT molecular complexity index is 2360. The van der Waals surface area contributed by atoms with Crippen LogP contribution < -0.4 is 4.90 Å². The van der Waals surface area contributed by atoms with Gasteiger partial charge in [-0.1, -0.05) is 111 Å². The molecule has 0 saturated carbocycles. The Labute approximate surface area is 275 Å². The zero-order valence-corrected chi connectivity index (χ0v) is 26.6. The van der Waals surface area contributed by atoms with Gasteiger partial charge in [-0.15, -0.1) is 0 Å². The minimum Gasteiger partial charge on any atom is -0.311 e. The molecule has 0 spiro atoms. The molecule has 1 heterocycles. The molecule has 0 N–H and O–H groups in total. The lowest BCUT2D eigenvalue weighted by Gasteiger charge is -2.25. The van der Waals surface area contributed by atoms with E-state index in [9.17, 15) is 0 Å². The molecular formula is C45H34N2. The number of fused-ring (bicyclic) bond motifs is 6. The summed E-state index contributed by atoms with van der Waals surface area (Å²) >= 11 is 0. The normalized spacial score (nSPS) is 13.1. The first kappa shape index (κ1) is 27.5. The third kappa shape index (κ3) is 4.33. The number of rotatable bonds is 5. The lowest BCUT2D eigenvalue weighted by atomic mass is 9.82. The molecule has 224 valence electrons. The van der Waals surface area contributed by atoms with Crippen LogP contribution in [0.4, 0.5) is 17.1 Å². The molecule has 8 aromatic rings. The van der Waals surface area contributed by atoms with Gasteiger partial charge in [0.25, 0.3) is 0 Å². The van der Waals surface area contributed by atoms with Crippen LogP contribution in [0, 0.1) is 0 Å². The first-order chi connectivity index (χ1) is 23.1. The Morgan fingerprint density at radius 3 is 1.66 bits per heavy atom. The van der Waals surface area contributed by atoms with Crippen molar-refractivity contribution >= 4 is 38.9 Å². The van der Waals surface area contributed by atoms with E-state index in [2.05, 4.69) is 193 Å². The van der Waals surface area contributed by atoms with Crippen molar-refractivity contribution in [2.45, 2.75) is 19.3 Å². The number of hydrogen-bond acceptors (Lipinski definition) is 1. The van der Waals surface area contributed by atoms with E-state index in [1.54, 1.807) is 0 Å². The summed E-state index contributed by atoms with van der Waals surface area (Å²) in [6.07, 6.45) is 0. The predicted molar refractivity (Wildman–Crippen MR) is 198 cm³/mol. The summed E-state index contributed by atoms with van der Waals surface area (Å²) in [6.45, 7) is 4.74. The topological polar surface area (TPSA) is 8.17 Å². The fourth-order valence-electron chi connectivity index (χ4n) is 7.65. The number of hydrogen-bond donors (Lipinski definition) is 0. The molecule has 1 aliphatic carbocycles. The van der Waals surface area contributed by atoms with Gasteiger partial charge >= 0.3 is 0 Å². The smallest absolute Gasteiger partial charge is 0.0544 e. The highest BCUT2D eigenvalue weighted by Crippen LogP contribution is 2.52. The largest absolute Gasteiger partial charge is 0.311 e. The van der Waals surface area contributed by atoms with Crippen LogP contribution in [-0.4, -0.2) is 4.57 Å². The summed E-state index contributed by atoms with van der Waals surface area (Å²) in [4.78, 5) is 2.31. The number of aromatic nitrogens is 1. The fraction of sp³-hybridized carbons (Fsp3) is 0.0667. The quantitative estimate of drug-likeness (QED) is 0.190. The zero-order chi connectivity index (χ0) is 31.5. The Kier molecular flexibility index (Phi) is 6.20. The summed E-state index contributed by atoms with van der Waals surface area (Å²) in [5.41, 5.74) is 14.9. The first-order valence-corrected chi connectivity index (χ1v) is 16.4. The van der Waals surface area contributed by atoms with Crippen LogP contribution in [-0.2, 0) is 5.41 Å². The Balaban J connectivity index is 1.16. The van der Waals surface area contributed by atoms with Crippen LogP contribution in [0.1, 0.15) is 25.0 Å². The number of anilines is 3. The van der Waals surface area contributed by atoms with Crippen LogP contribution in [0.25, 0.3) is 49.7 Å². The highest BCUT2D eigenvalue weighted by Gasteiger charge is 2.36. The van der Waals surface area contributed by atoms with Crippen LogP contribution in [0.5, 0.6) is 0 Å². The van der Waals surface area contributed by atoms with E-state index in [4.69, 9.17) is 0 Å². The molecule has 7 aromatic carbocycles. The molecule has 0 saturated heterocycles. The summed E-state index contributed by atoms with van der Waals surface area (Å²) in [5.74, 6) is 0. The first-order valence-electron chi connectivity index (χ1n) is 16.4. The van der Waals surface area contributed by atoms with Gasteiger partial charge in [0.2, 0.25) is 0 Å². The lowest BCUT2D eigenvalue weighted by molar-refractivity contribution is 0.661. The third-order valence-electron chi connectivity index (χ3n) is 9.97. The maximum atomic E-state index is 2.45. The average Bonchev–Trinajstić information content (AvgIpc) is 3.57. The monoisotopic (exact) mass is 602 g/mol. The standard InChI is InChI=1S/C45H34N2/c1-45(2)41-27-24-32(31-22-25-36(26-23-31)46(33-14-6-3-7-15-33)34-16-8-4-9-17-34)28-38(41)39-29-40-37-20-12-13-21-43(37)47(44(40)30-42(39)45)35-18-10-5-11-19-35/h3-30H,1-2H3. The second-order valence-electron chi connectivity index (χ2n) is 13.0. The number of para-hydroxylation sites is 4. The van der Waals surface area contributed by atoms with Crippen molar-refractivity contribution in [3.05, 3.63) is 181 Å². The van der Waals surface area contributed by atoms with Crippen LogP contribution in [0.2, 0.25) is 0 Å². The van der Waals surface area contributed by atoms with Gasteiger partial charge in [-0.2, -0.15) is 0 Å². The zero-order valence-electron chi connectivity index (χ0n) is 26.6. The van der Waals surface area contributed by atoms with Gasteiger partial charge in [0, 0.05) is 38.9 Å². The van der Waals surface area contributed by atoms with Gasteiger partial charge in [-0.25, -0.2) is 0 Å². The predicted octanol–water partition coefficient (Wildman–Crippen LogP) is 12.2. The van der Waals surface area contributed by atoms with Crippen LogP contribution >= 0.6 is 0 Å². The summed E-state index contributed by atoms with van der Waals surface area (Å²) < 4.78 is 2.42. The molecule has 0 bridgehead atoms. The van der Waals surface area contributed by atoms with Gasteiger partial charge in [0.05, 0.1) is 11.0 Å². The molecule has 1 aromatic heterocycles. The SMILES string of the molecule is CC1(C)c2ccc(-c3ccc(N(c4ccccc4)c4ccccc4)cc3)cc2-c2cc3c4ccccc4n(-c4ccccc4)c3cc21. The molecule has 47 heavy (non-hydrogen) atoms. The molecule has 9 rings (SSSR count). The number of benzene rings is 7. The van der Waals surface area contributed by atoms with Crippen molar-refractivity contribution in [1.29, 1.82) is 0 Å². The second kappa shape index (κ2) is 10.6. The Morgan fingerprint density at radius 2 is 0.979 bits per heavy atom. The summed E-state index contributed by atoms with van der Waals surface area (Å²) in [6, 6.07) is 61.6. The average molecular weight is 603 g/mol. The molecule has 0 radical (unpaired) electrons. The van der Waals surface area contributed by atoms with Crippen molar-refractivity contribution in [3.63, 3.8) is 0 Å². The van der Waals surface area contributed by atoms with E-state index in [0.717, 1.165) is 17.1 Å². The lowest BCUT2D eigenvalue weighted by Crippen LogP contribution is -2.15. The van der Waals surface area contributed by atoms with E-state index in [-0.39, 0.29) is 5.41 Å². The molecule has 0 unspecified atom stereocenters.